The van der Waals surface area contributed by atoms with Crippen molar-refractivity contribution in [3.63, 3.8) is 0 Å². The Kier molecular flexibility index (Phi) is 7.39. The summed E-state index contributed by atoms with van der Waals surface area (Å²) in [5.74, 6) is 0. The quantitative estimate of drug-likeness (QED) is 0.617. The molecular formula is C16H27NO4. The molecule has 5 heteroatoms. The van der Waals surface area contributed by atoms with Gasteiger partial charge in [0.2, 0.25) is 0 Å². The van der Waals surface area contributed by atoms with Gasteiger partial charge in [-0.25, -0.2) is 14.6 Å². The van der Waals surface area contributed by atoms with Crippen LogP contribution < -0.4 is 5.32 Å². The molecule has 1 amide bonds. The zero-order valence-electron chi connectivity index (χ0n) is 14.0. The summed E-state index contributed by atoms with van der Waals surface area (Å²) in [7, 11) is 0. The lowest BCUT2D eigenvalue weighted by Crippen LogP contribution is -2.27. The maximum atomic E-state index is 10.2. The molecule has 0 aliphatic rings. The summed E-state index contributed by atoms with van der Waals surface area (Å²) in [6.07, 6.45) is -1.03. The van der Waals surface area contributed by atoms with E-state index in [-0.39, 0.29) is 11.2 Å². The van der Waals surface area contributed by atoms with Crippen molar-refractivity contribution in [2.24, 2.45) is 0 Å². The third kappa shape index (κ3) is 13.2. The Hall–Kier alpha value is -1.59. The van der Waals surface area contributed by atoms with Gasteiger partial charge in [0.1, 0.15) is 0 Å². The van der Waals surface area contributed by atoms with Gasteiger partial charge in [0, 0.05) is 5.69 Å². The van der Waals surface area contributed by atoms with Gasteiger partial charge < -0.3 is 5.11 Å². The number of rotatable bonds is 2. The number of carbonyl (C=O) groups is 1. The number of carboxylic acid groups (broad SMARTS) is 1. The number of amides is 1. The van der Waals surface area contributed by atoms with Crippen LogP contribution in [0.25, 0.3) is 0 Å². The molecule has 1 aromatic carbocycles. The number of benzene rings is 1. The lowest BCUT2D eigenvalue weighted by atomic mass is 10.2. The zero-order valence-corrected chi connectivity index (χ0v) is 14.0. The van der Waals surface area contributed by atoms with E-state index in [2.05, 4.69) is 5.32 Å². The van der Waals surface area contributed by atoms with Gasteiger partial charge in [-0.2, -0.15) is 0 Å². The predicted molar refractivity (Wildman–Crippen MR) is 84.5 cm³/mol. The molecule has 2 N–H and O–H groups in total. The smallest absolute Gasteiger partial charge is 0.409 e. The Morgan fingerprint density at radius 3 is 1.86 bits per heavy atom. The summed E-state index contributed by atoms with van der Waals surface area (Å²) in [5.41, 5.74) is 1.22. The Labute approximate surface area is 127 Å². The molecule has 0 fully saturated rings. The van der Waals surface area contributed by atoms with Gasteiger partial charge >= 0.3 is 6.09 Å². The highest BCUT2D eigenvalue weighted by Gasteiger charge is 2.18. The van der Waals surface area contributed by atoms with Crippen LogP contribution in [0.4, 0.5) is 10.5 Å². The first-order chi connectivity index (χ1) is 9.39. The zero-order chi connectivity index (χ0) is 16.7. The van der Waals surface area contributed by atoms with Crippen LogP contribution in [-0.2, 0) is 9.78 Å². The van der Waals surface area contributed by atoms with E-state index in [0.29, 0.717) is 5.69 Å². The van der Waals surface area contributed by atoms with Crippen molar-refractivity contribution in [1.82, 2.24) is 0 Å². The van der Waals surface area contributed by atoms with E-state index in [1.165, 1.54) is 0 Å². The molecule has 0 radical (unpaired) electrons. The Morgan fingerprint density at radius 1 is 1.05 bits per heavy atom. The molecule has 0 aliphatic carbocycles. The Morgan fingerprint density at radius 2 is 1.52 bits per heavy atom. The molecule has 0 atom stereocenters. The molecule has 0 spiro atoms. The average Bonchev–Trinajstić information content (AvgIpc) is 2.24. The second-order valence-electron chi connectivity index (χ2n) is 6.69. The number of hydrogen-bond acceptors (Lipinski definition) is 3. The maximum absolute atomic E-state index is 10.2. The first-order valence-corrected chi connectivity index (χ1v) is 6.82. The second-order valence-corrected chi connectivity index (χ2v) is 6.69. The van der Waals surface area contributed by atoms with Crippen molar-refractivity contribution < 1.29 is 19.7 Å². The van der Waals surface area contributed by atoms with Crippen LogP contribution in [0.5, 0.6) is 0 Å². The molecule has 0 unspecified atom stereocenters. The van der Waals surface area contributed by atoms with Crippen molar-refractivity contribution in [1.29, 1.82) is 0 Å². The normalized spacial score (nSPS) is 11.4. The minimum Gasteiger partial charge on any atom is -0.465 e. The van der Waals surface area contributed by atoms with Gasteiger partial charge in [-0.1, -0.05) is 12.1 Å². The summed E-state index contributed by atoms with van der Waals surface area (Å²) in [6.45, 7) is 13.7. The van der Waals surface area contributed by atoms with Crippen LogP contribution in [0.2, 0.25) is 0 Å². The molecule has 0 heterocycles. The fourth-order valence-electron chi connectivity index (χ4n) is 1.10. The molecule has 0 bridgehead atoms. The summed E-state index contributed by atoms with van der Waals surface area (Å²) in [5, 5.41) is 10.6. The van der Waals surface area contributed by atoms with Crippen molar-refractivity contribution in [3.05, 3.63) is 29.8 Å². The van der Waals surface area contributed by atoms with Gasteiger partial charge in [0.15, 0.2) is 0 Å². The van der Waals surface area contributed by atoms with Crippen molar-refractivity contribution in [2.45, 2.75) is 59.7 Å². The van der Waals surface area contributed by atoms with E-state index in [1.807, 2.05) is 54.5 Å². The van der Waals surface area contributed by atoms with Crippen LogP contribution in [-0.4, -0.2) is 22.4 Å². The summed E-state index contributed by atoms with van der Waals surface area (Å²) in [6, 6.07) is 7.20. The fraction of sp³-hybridized carbons (Fsp3) is 0.562. The van der Waals surface area contributed by atoms with Gasteiger partial charge in [0.05, 0.1) is 11.2 Å². The SMILES string of the molecule is CC(C)(C)OOC(C)(C)C.Cc1cccc(NC(=O)O)c1. The monoisotopic (exact) mass is 297 g/mol. The Bertz CT molecular complexity index is 430. The second kappa shape index (κ2) is 8.00. The number of anilines is 1. The van der Waals surface area contributed by atoms with E-state index in [0.717, 1.165) is 5.56 Å². The van der Waals surface area contributed by atoms with Crippen LogP contribution >= 0.6 is 0 Å². The maximum Gasteiger partial charge on any atom is 0.409 e. The number of aryl methyl sites for hydroxylation is 1. The van der Waals surface area contributed by atoms with E-state index in [9.17, 15) is 4.79 Å². The first kappa shape index (κ1) is 19.4. The lowest BCUT2D eigenvalue weighted by molar-refractivity contribution is -0.393. The average molecular weight is 297 g/mol. The molecular weight excluding hydrogens is 270 g/mol. The third-order valence-electron chi connectivity index (χ3n) is 1.81. The number of hydrogen-bond donors (Lipinski definition) is 2. The predicted octanol–water partition coefficient (Wildman–Crippen LogP) is 4.62. The highest BCUT2D eigenvalue weighted by atomic mass is 17.2. The van der Waals surface area contributed by atoms with Gasteiger partial charge in [-0.15, -0.1) is 0 Å². The van der Waals surface area contributed by atoms with E-state index in [1.54, 1.807) is 18.2 Å². The molecule has 120 valence electrons. The molecule has 5 nitrogen and oxygen atoms in total. The van der Waals surface area contributed by atoms with Crippen molar-refractivity contribution in [2.75, 3.05) is 5.32 Å². The molecule has 1 rings (SSSR count). The highest BCUT2D eigenvalue weighted by Crippen LogP contribution is 2.14. The Balaban J connectivity index is 0.000000384. The lowest BCUT2D eigenvalue weighted by Gasteiger charge is -2.24. The highest BCUT2D eigenvalue weighted by molar-refractivity contribution is 5.82. The van der Waals surface area contributed by atoms with Crippen molar-refractivity contribution >= 4 is 11.8 Å². The van der Waals surface area contributed by atoms with E-state index < -0.39 is 6.09 Å². The van der Waals surface area contributed by atoms with Crippen LogP contribution in [0.15, 0.2) is 24.3 Å². The third-order valence-corrected chi connectivity index (χ3v) is 1.81. The fourth-order valence-corrected chi connectivity index (χ4v) is 1.10. The molecule has 0 saturated carbocycles. The molecule has 0 saturated heterocycles. The van der Waals surface area contributed by atoms with Gasteiger partial charge in [-0.3, -0.25) is 5.32 Å². The van der Waals surface area contributed by atoms with E-state index in [4.69, 9.17) is 14.9 Å². The summed E-state index contributed by atoms with van der Waals surface area (Å²) in [4.78, 5) is 20.4. The minimum atomic E-state index is -1.03. The standard InChI is InChI=1S/C8H9NO2.C8H18O2/c1-6-3-2-4-7(5-6)9-8(10)11;1-7(2,3)9-10-8(4,5)6/h2-5,9H,1H3,(H,10,11);1-6H3. The molecule has 0 aromatic heterocycles. The number of nitrogens with one attached hydrogen (secondary N) is 1. The molecule has 1 aromatic rings. The topological polar surface area (TPSA) is 67.8 Å². The van der Waals surface area contributed by atoms with Crippen molar-refractivity contribution in [3.8, 4) is 0 Å². The van der Waals surface area contributed by atoms with Crippen LogP contribution in [0.1, 0.15) is 47.1 Å². The molecule has 0 aliphatic heterocycles. The van der Waals surface area contributed by atoms with Gasteiger partial charge in [-0.05, 0) is 66.2 Å². The summed E-state index contributed by atoms with van der Waals surface area (Å²) >= 11 is 0. The van der Waals surface area contributed by atoms with Crippen LogP contribution in [0, 0.1) is 6.92 Å². The van der Waals surface area contributed by atoms with Gasteiger partial charge in [0.25, 0.3) is 0 Å². The van der Waals surface area contributed by atoms with E-state index >= 15 is 0 Å². The largest absolute Gasteiger partial charge is 0.465 e. The molecule has 21 heavy (non-hydrogen) atoms. The summed E-state index contributed by atoms with van der Waals surface area (Å²) < 4.78 is 0. The first-order valence-electron chi connectivity index (χ1n) is 6.82. The minimum absolute atomic E-state index is 0.215. The van der Waals surface area contributed by atoms with Crippen LogP contribution in [0.3, 0.4) is 0 Å².